The molecule has 1 aromatic rings. The van der Waals surface area contributed by atoms with Crippen molar-refractivity contribution in [2.45, 2.75) is 52.2 Å². The van der Waals surface area contributed by atoms with E-state index in [0.717, 1.165) is 18.8 Å². The number of nitrogens with zero attached hydrogens (tertiary/aromatic N) is 3. The fraction of sp³-hybridized carbons (Fsp3) is 0.800. The molecule has 1 heterocycles. The monoisotopic (exact) mass is 282 g/mol. The Hall–Kier alpha value is -1.07. The molecule has 116 valence electrons. The predicted molar refractivity (Wildman–Crippen MR) is 83.5 cm³/mol. The Bertz CT molecular complexity index is 401. The highest BCUT2D eigenvalue weighted by atomic mass is 16.5. The van der Waals surface area contributed by atoms with Crippen molar-refractivity contribution in [3.8, 4) is 5.75 Å². The highest BCUT2D eigenvalue weighted by Crippen LogP contribution is 2.28. The summed E-state index contributed by atoms with van der Waals surface area (Å²) in [6.07, 6.45) is 1.82. The van der Waals surface area contributed by atoms with Gasteiger partial charge in [-0.3, -0.25) is 4.68 Å². The summed E-state index contributed by atoms with van der Waals surface area (Å²) in [5, 5.41) is 8.05. The number of hydrogen-bond donors (Lipinski definition) is 1. The summed E-state index contributed by atoms with van der Waals surface area (Å²) in [7, 11) is 5.86. The van der Waals surface area contributed by atoms with Crippen LogP contribution in [0.3, 0.4) is 0 Å². The molecule has 1 rings (SSSR count). The zero-order valence-electron chi connectivity index (χ0n) is 14.0. The second-order valence-corrected chi connectivity index (χ2v) is 6.02. The molecule has 0 aromatic carbocycles. The fourth-order valence-electron chi connectivity index (χ4n) is 2.37. The summed E-state index contributed by atoms with van der Waals surface area (Å²) in [6, 6.07) is 0.843. The van der Waals surface area contributed by atoms with E-state index in [0.29, 0.717) is 18.0 Å². The zero-order chi connectivity index (χ0) is 15.3. The van der Waals surface area contributed by atoms with E-state index in [9.17, 15) is 0 Å². The van der Waals surface area contributed by atoms with Crippen LogP contribution in [0.1, 0.15) is 39.3 Å². The molecule has 0 aliphatic rings. The molecular formula is C15H30N4O. The van der Waals surface area contributed by atoms with Crippen molar-refractivity contribution in [2.75, 3.05) is 27.7 Å². The van der Waals surface area contributed by atoms with Crippen LogP contribution in [0, 0.1) is 0 Å². The molecule has 1 aromatic heterocycles. The normalized spacial score (nSPS) is 14.8. The van der Waals surface area contributed by atoms with Crippen LogP contribution in [0.2, 0.25) is 0 Å². The maximum atomic E-state index is 5.48. The van der Waals surface area contributed by atoms with Gasteiger partial charge >= 0.3 is 0 Å². The van der Waals surface area contributed by atoms with E-state index in [-0.39, 0.29) is 0 Å². The molecule has 0 radical (unpaired) electrons. The molecule has 5 nitrogen and oxygen atoms in total. The van der Waals surface area contributed by atoms with Crippen molar-refractivity contribution >= 4 is 0 Å². The van der Waals surface area contributed by atoms with Crippen molar-refractivity contribution in [1.29, 1.82) is 0 Å². The van der Waals surface area contributed by atoms with E-state index in [1.54, 1.807) is 7.11 Å². The highest BCUT2D eigenvalue weighted by Gasteiger charge is 2.23. The maximum absolute atomic E-state index is 5.48. The van der Waals surface area contributed by atoms with Gasteiger partial charge < -0.3 is 15.0 Å². The van der Waals surface area contributed by atoms with E-state index in [4.69, 9.17) is 4.74 Å². The van der Waals surface area contributed by atoms with Crippen molar-refractivity contribution in [1.82, 2.24) is 20.0 Å². The summed E-state index contributed by atoms with van der Waals surface area (Å²) in [6.45, 7) is 10.6. The first-order valence-corrected chi connectivity index (χ1v) is 7.37. The number of hydrogen-bond acceptors (Lipinski definition) is 4. The number of methoxy groups -OCH3 is 1. The van der Waals surface area contributed by atoms with Crippen LogP contribution in [0.25, 0.3) is 0 Å². The molecular weight excluding hydrogens is 252 g/mol. The van der Waals surface area contributed by atoms with Crippen LogP contribution in [-0.2, 0) is 6.54 Å². The van der Waals surface area contributed by atoms with Gasteiger partial charge in [0.1, 0.15) is 0 Å². The molecule has 0 aliphatic heterocycles. The van der Waals surface area contributed by atoms with Gasteiger partial charge in [-0.05, 0) is 21.0 Å². The quantitative estimate of drug-likeness (QED) is 0.791. The SMILES string of the molecule is COc1cnn(CCN(C)C)c1C(C)C(C)NC(C)C. The molecule has 5 heteroatoms. The molecule has 0 aliphatic carbocycles. The molecule has 0 saturated carbocycles. The third-order valence-corrected chi connectivity index (χ3v) is 3.60. The predicted octanol–water partition coefficient (Wildman–Crippen LogP) is 1.94. The van der Waals surface area contributed by atoms with Gasteiger partial charge in [-0.2, -0.15) is 5.10 Å². The molecule has 2 atom stereocenters. The lowest BCUT2D eigenvalue weighted by Gasteiger charge is -2.25. The molecule has 2 unspecified atom stereocenters. The van der Waals surface area contributed by atoms with Gasteiger partial charge in [0.05, 0.1) is 25.5 Å². The minimum atomic E-state index is 0.344. The first-order valence-electron chi connectivity index (χ1n) is 7.37. The zero-order valence-corrected chi connectivity index (χ0v) is 14.0. The van der Waals surface area contributed by atoms with Crippen LogP contribution in [0.5, 0.6) is 5.75 Å². The fourth-order valence-corrected chi connectivity index (χ4v) is 2.37. The third kappa shape index (κ3) is 4.49. The van der Waals surface area contributed by atoms with Crippen LogP contribution in [0.4, 0.5) is 0 Å². The maximum Gasteiger partial charge on any atom is 0.160 e. The Morgan fingerprint density at radius 2 is 1.95 bits per heavy atom. The minimum absolute atomic E-state index is 0.344. The number of likely N-dealkylation sites (N-methyl/N-ethyl adjacent to an activating group) is 1. The highest BCUT2D eigenvalue weighted by molar-refractivity contribution is 5.29. The molecule has 20 heavy (non-hydrogen) atoms. The van der Waals surface area contributed by atoms with Gasteiger partial charge in [0.25, 0.3) is 0 Å². The summed E-state index contributed by atoms with van der Waals surface area (Å²) < 4.78 is 7.56. The first-order chi connectivity index (χ1) is 9.36. The second-order valence-electron chi connectivity index (χ2n) is 6.02. The van der Waals surface area contributed by atoms with Gasteiger partial charge in [-0.15, -0.1) is 0 Å². The Morgan fingerprint density at radius 3 is 2.45 bits per heavy atom. The second kappa shape index (κ2) is 7.64. The lowest BCUT2D eigenvalue weighted by molar-refractivity contribution is 0.349. The standard InChI is InChI=1S/C15H30N4O/c1-11(2)17-13(4)12(3)15-14(20-7)10-16-19(15)9-8-18(5)6/h10-13,17H,8-9H2,1-7H3. The Labute approximate surface area is 123 Å². The van der Waals surface area contributed by atoms with Crippen LogP contribution < -0.4 is 10.1 Å². The molecule has 0 bridgehead atoms. The lowest BCUT2D eigenvalue weighted by atomic mass is 9.98. The molecule has 0 fully saturated rings. The number of ether oxygens (including phenoxy) is 1. The smallest absolute Gasteiger partial charge is 0.160 e. The van der Waals surface area contributed by atoms with E-state index >= 15 is 0 Å². The topological polar surface area (TPSA) is 42.3 Å². The summed E-state index contributed by atoms with van der Waals surface area (Å²) in [5.41, 5.74) is 1.18. The van der Waals surface area contributed by atoms with E-state index in [2.05, 4.69) is 61.8 Å². The van der Waals surface area contributed by atoms with Crippen molar-refractivity contribution in [3.05, 3.63) is 11.9 Å². The van der Waals surface area contributed by atoms with Gasteiger partial charge in [0.2, 0.25) is 0 Å². The first kappa shape index (κ1) is 17.0. The average Bonchev–Trinajstić information content (AvgIpc) is 2.77. The molecule has 0 amide bonds. The molecule has 0 saturated heterocycles. The third-order valence-electron chi connectivity index (χ3n) is 3.60. The van der Waals surface area contributed by atoms with Gasteiger partial charge in [0.15, 0.2) is 5.75 Å². The van der Waals surface area contributed by atoms with Gasteiger partial charge in [-0.1, -0.05) is 20.8 Å². The minimum Gasteiger partial charge on any atom is -0.493 e. The van der Waals surface area contributed by atoms with Crippen LogP contribution >= 0.6 is 0 Å². The van der Waals surface area contributed by atoms with Gasteiger partial charge in [0, 0.05) is 24.5 Å². The van der Waals surface area contributed by atoms with Gasteiger partial charge in [-0.25, -0.2) is 0 Å². The molecule has 0 spiro atoms. The molecule has 1 N–H and O–H groups in total. The van der Waals surface area contributed by atoms with Crippen molar-refractivity contribution in [2.24, 2.45) is 0 Å². The number of aromatic nitrogens is 2. The van der Waals surface area contributed by atoms with Crippen LogP contribution in [-0.4, -0.2) is 54.5 Å². The van der Waals surface area contributed by atoms with E-state index in [1.165, 1.54) is 5.69 Å². The summed E-state index contributed by atoms with van der Waals surface area (Å²) in [4.78, 5) is 2.17. The van der Waals surface area contributed by atoms with Crippen LogP contribution in [0.15, 0.2) is 6.20 Å². The number of nitrogens with one attached hydrogen (secondary N) is 1. The van der Waals surface area contributed by atoms with Crippen molar-refractivity contribution in [3.63, 3.8) is 0 Å². The number of rotatable bonds is 8. The van der Waals surface area contributed by atoms with E-state index < -0.39 is 0 Å². The van der Waals surface area contributed by atoms with Crippen molar-refractivity contribution < 1.29 is 4.74 Å². The summed E-state index contributed by atoms with van der Waals surface area (Å²) >= 11 is 0. The van der Waals surface area contributed by atoms with E-state index in [1.807, 2.05) is 6.20 Å². The largest absolute Gasteiger partial charge is 0.493 e. The Kier molecular flexibility index (Phi) is 6.49. The average molecular weight is 282 g/mol. The Balaban J connectivity index is 2.91. The Morgan fingerprint density at radius 1 is 1.30 bits per heavy atom. The lowest BCUT2D eigenvalue weighted by Crippen LogP contribution is -2.37. The summed E-state index contributed by atoms with van der Waals surface area (Å²) in [5.74, 6) is 1.23.